The fourth-order valence-corrected chi connectivity index (χ4v) is 2.49. The highest BCUT2D eigenvalue weighted by atomic mass is 16.7. The zero-order valence-electron chi connectivity index (χ0n) is 13.2. The smallest absolute Gasteiger partial charge is 0.186 e. The third kappa shape index (κ3) is 4.00. The van der Waals surface area contributed by atoms with Gasteiger partial charge in [-0.3, -0.25) is 0 Å². The molecule has 0 unspecified atom stereocenters. The van der Waals surface area contributed by atoms with Crippen LogP contribution in [0.2, 0.25) is 0 Å². The molecular weight excluding hydrogens is 304 g/mol. The molecule has 1 heterocycles. The molecule has 23 heavy (non-hydrogen) atoms. The summed E-state index contributed by atoms with van der Waals surface area (Å²) in [5.41, 5.74) is 0.479. The van der Waals surface area contributed by atoms with Crippen molar-refractivity contribution in [3.05, 3.63) is 29.8 Å². The first-order chi connectivity index (χ1) is 10.8. The van der Waals surface area contributed by atoms with Gasteiger partial charge in [-0.05, 0) is 17.7 Å². The highest BCUT2D eigenvalue weighted by molar-refractivity contribution is 5.30. The maximum atomic E-state index is 9.95. The number of aliphatic hydroxyl groups is 4. The van der Waals surface area contributed by atoms with Gasteiger partial charge >= 0.3 is 0 Å². The van der Waals surface area contributed by atoms with E-state index in [0.29, 0.717) is 0 Å². The summed E-state index contributed by atoms with van der Waals surface area (Å²) in [6, 6.07) is 6.69. The van der Waals surface area contributed by atoms with Gasteiger partial charge in [0, 0.05) is 5.41 Å². The second-order valence-corrected chi connectivity index (χ2v) is 6.44. The Morgan fingerprint density at radius 1 is 1.04 bits per heavy atom. The molecule has 2 rings (SSSR count). The average molecular weight is 328 g/mol. The minimum Gasteiger partial charge on any atom is -0.508 e. The van der Waals surface area contributed by atoms with Gasteiger partial charge in [0.05, 0.1) is 13.2 Å². The van der Waals surface area contributed by atoms with Crippen LogP contribution in [0.25, 0.3) is 0 Å². The zero-order chi connectivity index (χ0) is 17.2. The average Bonchev–Trinajstić information content (AvgIpc) is 2.52. The topological polar surface area (TPSA) is 120 Å². The van der Waals surface area contributed by atoms with Crippen LogP contribution in [-0.4, -0.2) is 69.5 Å². The minimum atomic E-state index is -1.46. The second-order valence-electron chi connectivity index (χ2n) is 6.44. The number of ether oxygens (including phenoxy) is 2. The quantitative estimate of drug-likeness (QED) is 0.494. The molecule has 0 radical (unpaired) electrons. The number of benzene rings is 1. The summed E-state index contributed by atoms with van der Waals surface area (Å²) in [5, 5.41) is 47.9. The number of rotatable bonds is 5. The van der Waals surface area contributed by atoms with Crippen LogP contribution in [0, 0.1) is 0 Å². The summed E-state index contributed by atoms with van der Waals surface area (Å²) in [4.78, 5) is 0. The van der Waals surface area contributed by atoms with Crippen LogP contribution in [0.4, 0.5) is 0 Å². The third-order valence-corrected chi connectivity index (χ3v) is 4.11. The van der Waals surface area contributed by atoms with Crippen molar-refractivity contribution in [1.29, 1.82) is 0 Å². The van der Waals surface area contributed by atoms with Crippen LogP contribution >= 0.6 is 0 Å². The molecule has 1 aromatic rings. The molecule has 130 valence electrons. The molecule has 0 saturated carbocycles. The molecule has 1 fully saturated rings. The molecule has 0 amide bonds. The van der Waals surface area contributed by atoms with E-state index in [4.69, 9.17) is 14.6 Å². The Balaban J connectivity index is 2.02. The van der Waals surface area contributed by atoms with Crippen LogP contribution in [0.5, 0.6) is 5.75 Å². The van der Waals surface area contributed by atoms with E-state index in [1.165, 1.54) is 0 Å². The summed E-state index contributed by atoms with van der Waals surface area (Å²) in [5.74, 6) is 0.166. The molecule has 1 aliphatic rings. The van der Waals surface area contributed by atoms with E-state index in [1.807, 2.05) is 13.8 Å². The van der Waals surface area contributed by atoms with Crippen LogP contribution < -0.4 is 0 Å². The van der Waals surface area contributed by atoms with E-state index < -0.39 is 42.7 Å². The Morgan fingerprint density at radius 2 is 1.65 bits per heavy atom. The van der Waals surface area contributed by atoms with Crippen LogP contribution in [0.3, 0.4) is 0 Å². The van der Waals surface area contributed by atoms with Gasteiger partial charge in [0.1, 0.15) is 30.2 Å². The van der Waals surface area contributed by atoms with Crippen molar-refractivity contribution in [1.82, 2.24) is 0 Å². The molecular formula is C16H24O7. The van der Waals surface area contributed by atoms with Crippen molar-refractivity contribution in [2.24, 2.45) is 0 Å². The van der Waals surface area contributed by atoms with Crippen molar-refractivity contribution in [2.75, 3.05) is 13.2 Å². The molecule has 1 aromatic carbocycles. The molecule has 7 nitrogen and oxygen atoms in total. The molecule has 5 atom stereocenters. The molecule has 7 heteroatoms. The molecule has 0 bridgehead atoms. The van der Waals surface area contributed by atoms with E-state index in [2.05, 4.69) is 0 Å². The second kappa shape index (κ2) is 7.12. The molecule has 5 N–H and O–H groups in total. The summed E-state index contributed by atoms with van der Waals surface area (Å²) in [7, 11) is 0. The van der Waals surface area contributed by atoms with Crippen LogP contribution in [-0.2, 0) is 14.9 Å². The van der Waals surface area contributed by atoms with Crippen molar-refractivity contribution >= 4 is 0 Å². The Morgan fingerprint density at radius 3 is 2.22 bits per heavy atom. The lowest BCUT2D eigenvalue weighted by Gasteiger charge is -2.40. The van der Waals surface area contributed by atoms with Gasteiger partial charge in [0.2, 0.25) is 0 Å². The number of aromatic hydroxyl groups is 1. The Bertz CT molecular complexity index is 500. The lowest BCUT2D eigenvalue weighted by molar-refractivity contribution is -0.303. The molecule has 0 aliphatic carbocycles. The number of phenols is 1. The van der Waals surface area contributed by atoms with Crippen LogP contribution in [0.15, 0.2) is 24.3 Å². The van der Waals surface area contributed by atoms with Crippen molar-refractivity contribution in [2.45, 2.75) is 50.0 Å². The van der Waals surface area contributed by atoms with Gasteiger partial charge in [-0.25, -0.2) is 0 Å². The fourth-order valence-electron chi connectivity index (χ4n) is 2.49. The largest absolute Gasteiger partial charge is 0.508 e. The first-order valence-corrected chi connectivity index (χ1v) is 7.48. The van der Waals surface area contributed by atoms with E-state index in [0.717, 1.165) is 5.56 Å². The first kappa shape index (κ1) is 18.1. The third-order valence-electron chi connectivity index (χ3n) is 4.11. The summed E-state index contributed by atoms with van der Waals surface area (Å²) in [6.45, 7) is 3.51. The summed E-state index contributed by atoms with van der Waals surface area (Å²) < 4.78 is 10.9. The van der Waals surface area contributed by atoms with E-state index in [-0.39, 0.29) is 12.4 Å². The highest BCUT2D eigenvalue weighted by Crippen LogP contribution is 2.28. The van der Waals surface area contributed by atoms with Gasteiger partial charge in [-0.1, -0.05) is 26.0 Å². The number of hydrogen-bond acceptors (Lipinski definition) is 7. The Labute approximate surface area is 134 Å². The minimum absolute atomic E-state index is 0.166. The van der Waals surface area contributed by atoms with Crippen molar-refractivity contribution in [3.63, 3.8) is 0 Å². The van der Waals surface area contributed by atoms with Gasteiger partial charge < -0.3 is 35.0 Å². The number of hydrogen-bond donors (Lipinski definition) is 5. The van der Waals surface area contributed by atoms with Gasteiger partial charge in [-0.15, -0.1) is 0 Å². The van der Waals surface area contributed by atoms with Crippen molar-refractivity contribution in [3.8, 4) is 5.75 Å². The fraction of sp³-hybridized carbons (Fsp3) is 0.625. The number of aliphatic hydroxyl groups excluding tert-OH is 4. The first-order valence-electron chi connectivity index (χ1n) is 7.48. The van der Waals surface area contributed by atoms with Gasteiger partial charge in [0.15, 0.2) is 6.29 Å². The predicted octanol–water partition coefficient (Wildman–Crippen LogP) is -0.514. The van der Waals surface area contributed by atoms with Gasteiger partial charge in [-0.2, -0.15) is 0 Å². The maximum Gasteiger partial charge on any atom is 0.186 e. The molecule has 0 spiro atoms. The van der Waals surface area contributed by atoms with Crippen LogP contribution in [0.1, 0.15) is 19.4 Å². The lowest BCUT2D eigenvalue weighted by atomic mass is 9.85. The van der Waals surface area contributed by atoms with Crippen molar-refractivity contribution < 1.29 is 35.0 Å². The standard InChI is InChI=1S/C16H24O7/c1-16(2,9-3-5-10(18)6-4-9)8-22-15-14(21)13(20)12(19)11(7-17)23-15/h3-6,11-15,17-21H,7-8H2,1-2H3/t11-,12-,13+,14-,15-/m1/s1. The van der Waals surface area contributed by atoms with E-state index >= 15 is 0 Å². The number of phenolic OH excluding ortho intramolecular Hbond substituents is 1. The van der Waals surface area contributed by atoms with Gasteiger partial charge in [0.25, 0.3) is 0 Å². The van der Waals surface area contributed by atoms with E-state index in [1.54, 1.807) is 24.3 Å². The normalized spacial score (nSPS) is 32.0. The summed E-state index contributed by atoms with van der Waals surface area (Å²) in [6.07, 6.45) is -6.41. The SMILES string of the molecule is CC(C)(CO[C@@H]1O[C@H](CO)[C@@H](O)[C@H](O)[C@H]1O)c1ccc(O)cc1. The molecule has 1 saturated heterocycles. The molecule has 0 aromatic heterocycles. The maximum absolute atomic E-state index is 9.95. The Kier molecular flexibility index (Phi) is 5.61. The predicted molar refractivity (Wildman–Crippen MR) is 80.9 cm³/mol. The van der Waals surface area contributed by atoms with E-state index in [9.17, 15) is 20.4 Å². The monoisotopic (exact) mass is 328 g/mol. The summed E-state index contributed by atoms with van der Waals surface area (Å²) >= 11 is 0. The zero-order valence-corrected chi connectivity index (χ0v) is 13.2. The Hall–Kier alpha value is -1.22. The lowest BCUT2D eigenvalue weighted by Crippen LogP contribution is -2.59. The molecule has 1 aliphatic heterocycles. The highest BCUT2D eigenvalue weighted by Gasteiger charge is 2.44.